The molecule has 34 heavy (non-hydrogen) atoms. The van der Waals surface area contributed by atoms with Gasteiger partial charge in [-0.1, -0.05) is 6.07 Å². The molecule has 1 amide bonds. The summed E-state index contributed by atoms with van der Waals surface area (Å²) in [4.78, 5) is 28.9. The van der Waals surface area contributed by atoms with Crippen molar-refractivity contribution in [3.05, 3.63) is 71.7 Å². The minimum absolute atomic E-state index is 0.0351. The van der Waals surface area contributed by atoms with Gasteiger partial charge in [0.05, 0.1) is 0 Å². The van der Waals surface area contributed by atoms with E-state index in [1.165, 1.54) is 25.0 Å². The summed E-state index contributed by atoms with van der Waals surface area (Å²) in [6.45, 7) is 6.65. The van der Waals surface area contributed by atoms with Gasteiger partial charge in [0.15, 0.2) is 0 Å². The number of aromatic nitrogens is 2. The molecular weight excluding hydrogens is 433 g/mol. The molecule has 0 bridgehead atoms. The van der Waals surface area contributed by atoms with Crippen LogP contribution in [-0.4, -0.2) is 60.0 Å². The average molecular weight is 462 g/mol. The first-order chi connectivity index (χ1) is 16.5. The number of amides is 1. The van der Waals surface area contributed by atoms with Crippen LogP contribution in [0, 0.1) is 12.7 Å². The van der Waals surface area contributed by atoms with Crippen molar-refractivity contribution >= 4 is 17.7 Å². The lowest BCUT2D eigenvalue weighted by Gasteiger charge is -2.35. The third-order valence-electron chi connectivity index (χ3n) is 6.24. The van der Waals surface area contributed by atoms with Crippen molar-refractivity contribution in [3.63, 3.8) is 0 Å². The largest absolute Gasteiger partial charge is 0.457 e. The first-order valence-corrected chi connectivity index (χ1v) is 11.7. The van der Waals surface area contributed by atoms with Gasteiger partial charge in [0.2, 0.25) is 5.95 Å². The molecule has 0 unspecified atom stereocenters. The molecule has 2 aliphatic heterocycles. The van der Waals surface area contributed by atoms with Gasteiger partial charge in [0, 0.05) is 56.6 Å². The number of carbonyl (C=O) groups is 1. The van der Waals surface area contributed by atoms with Gasteiger partial charge in [-0.2, -0.15) is 4.98 Å². The second-order valence-electron chi connectivity index (χ2n) is 8.72. The summed E-state index contributed by atoms with van der Waals surface area (Å²) >= 11 is 0. The molecule has 0 saturated carbocycles. The standard InChI is InChI=1S/C26H28FN5O2/c1-19-17-24(30-11-2-3-12-30)29-26(28-19)32-15-13-31(14-16-32)25(33)20-5-4-6-23(18-20)34-22-9-7-21(27)8-10-22/h4-10,17-18H,2-3,11-16H2,1H3. The summed E-state index contributed by atoms with van der Waals surface area (Å²) in [7, 11) is 0. The molecule has 2 aliphatic rings. The smallest absolute Gasteiger partial charge is 0.254 e. The van der Waals surface area contributed by atoms with E-state index < -0.39 is 0 Å². The van der Waals surface area contributed by atoms with E-state index in [4.69, 9.17) is 9.72 Å². The van der Waals surface area contributed by atoms with Crippen LogP contribution in [0.25, 0.3) is 0 Å². The Kier molecular flexibility index (Phi) is 6.29. The molecular formula is C26H28FN5O2. The topological polar surface area (TPSA) is 61.8 Å². The Morgan fingerprint density at radius 3 is 2.32 bits per heavy atom. The van der Waals surface area contributed by atoms with Gasteiger partial charge < -0.3 is 19.4 Å². The highest BCUT2D eigenvalue weighted by Gasteiger charge is 2.25. The lowest BCUT2D eigenvalue weighted by atomic mass is 10.1. The molecule has 0 aliphatic carbocycles. The molecule has 0 radical (unpaired) electrons. The van der Waals surface area contributed by atoms with Crippen LogP contribution >= 0.6 is 0 Å². The molecule has 1 aromatic heterocycles. The van der Waals surface area contributed by atoms with Crippen molar-refractivity contribution < 1.29 is 13.9 Å². The van der Waals surface area contributed by atoms with Crippen LogP contribution in [0.2, 0.25) is 0 Å². The number of piperazine rings is 1. The fourth-order valence-electron chi connectivity index (χ4n) is 4.41. The lowest BCUT2D eigenvalue weighted by Crippen LogP contribution is -2.49. The van der Waals surface area contributed by atoms with Crippen LogP contribution in [-0.2, 0) is 0 Å². The maximum Gasteiger partial charge on any atom is 0.254 e. The van der Waals surface area contributed by atoms with Gasteiger partial charge >= 0.3 is 0 Å². The molecule has 0 atom stereocenters. The van der Waals surface area contributed by atoms with Crippen molar-refractivity contribution in [3.8, 4) is 11.5 Å². The van der Waals surface area contributed by atoms with E-state index in [0.29, 0.717) is 43.2 Å². The predicted octanol–water partition coefficient (Wildman–Crippen LogP) is 4.28. The van der Waals surface area contributed by atoms with Gasteiger partial charge in [-0.15, -0.1) is 0 Å². The molecule has 5 rings (SSSR count). The van der Waals surface area contributed by atoms with Crippen molar-refractivity contribution in [1.82, 2.24) is 14.9 Å². The third kappa shape index (κ3) is 4.95. The molecule has 2 fully saturated rings. The Balaban J connectivity index is 1.23. The van der Waals surface area contributed by atoms with Gasteiger partial charge in [-0.25, -0.2) is 9.37 Å². The molecule has 2 aromatic carbocycles. The molecule has 3 heterocycles. The Hall–Kier alpha value is -3.68. The summed E-state index contributed by atoms with van der Waals surface area (Å²) < 4.78 is 18.9. The summed E-state index contributed by atoms with van der Waals surface area (Å²) in [6, 6.07) is 15.0. The first-order valence-electron chi connectivity index (χ1n) is 11.7. The molecule has 8 heteroatoms. The van der Waals surface area contributed by atoms with Gasteiger partial charge in [-0.3, -0.25) is 4.79 Å². The zero-order chi connectivity index (χ0) is 23.5. The van der Waals surface area contributed by atoms with Crippen LogP contribution in [0.3, 0.4) is 0 Å². The van der Waals surface area contributed by atoms with E-state index in [-0.39, 0.29) is 11.7 Å². The summed E-state index contributed by atoms with van der Waals surface area (Å²) in [5, 5.41) is 0. The number of rotatable bonds is 5. The van der Waals surface area contributed by atoms with E-state index in [9.17, 15) is 9.18 Å². The summed E-state index contributed by atoms with van der Waals surface area (Å²) in [5.74, 6) is 2.44. The van der Waals surface area contributed by atoms with Crippen molar-refractivity contribution in [2.75, 3.05) is 49.1 Å². The number of benzene rings is 2. The molecule has 3 aromatic rings. The molecule has 0 spiro atoms. The zero-order valence-corrected chi connectivity index (χ0v) is 19.3. The number of nitrogens with zero attached hydrogens (tertiary/aromatic N) is 5. The van der Waals surface area contributed by atoms with Crippen molar-refractivity contribution in [2.24, 2.45) is 0 Å². The number of anilines is 2. The van der Waals surface area contributed by atoms with Gasteiger partial charge in [-0.05, 0) is 62.2 Å². The molecule has 176 valence electrons. The second kappa shape index (κ2) is 9.67. The SMILES string of the molecule is Cc1cc(N2CCCC2)nc(N2CCN(C(=O)c3cccc(Oc4ccc(F)cc4)c3)CC2)n1. The molecule has 7 nitrogen and oxygen atoms in total. The van der Waals surface area contributed by atoms with E-state index in [2.05, 4.69) is 20.9 Å². The Morgan fingerprint density at radius 2 is 1.59 bits per heavy atom. The minimum Gasteiger partial charge on any atom is -0.457 e. The van der Waals surface area contributed by atoms with E-state index >= 15 is 0 Å². The number of ether oxygens (including phenoxy) is 1. The Labute approximate surface area is 198 Å². The van der Waals surface area contributed by atoms with Crippen molar-refractivity contribution in [2.45, 2.75) is 19.8 Å². The number of hydrogen-bond donors (Lipinski definition) is 0. The lowest BCUT2D eigenvalue weighted by molar-refractivity contribution is 0.0746. The van der Waals surface area contributed by atoms with E-state index in [0.717, 1.165) is 30.5 Å². The van der Waals surface area contributed by atoms with Crippen LogP contribution in [0.4, 0.5) is 16.2 Å². The number of carbonyl (C=O) groups excluding carboxylic acids is 1. The molecule has 0 N–H and O–H groups in total. The summed E-state index contributed by atoms with van der Waals surface area (Å²) in [6.07, 6.45) is 2.41. The fraction of sp³-hybridized carbons (Fsp3) is 0.346. The van der Waals surface area contributed by atoms with Crippen molar-refractivity contribution in [1.29, 1.82) is 0 Å². The van der Waals surface area contributed by atoms with Gasteiger partial charge in [0.1, 0.15) is 23.1 Å². The maximum atomic E-state index is 13.1. The summed E-state index contributed by atoms with van der Waals surface area (Å²) in [5.41, 5.74) is 1.53. The quantitative estimate of drug-likeness (QED) is 0.565. The van der Waals surface area contributed by atoms with E-state index in [1.807, 2.05) is 11.8 Å². The highest BCUT2D eigenvalue weighted by molar-refractivity contribution is 5.94. The predicted molar refractivity (Wildman–Crippen MR) is 129 cm³/mol. The highest BCUT2D eigenvalue weighted by Crippen LogP contribution is 2.25. The average Bonchev–Trinajstić information content (AvgIpc) is 3.40. The van der Waals surface area contributed by atoms with E-state index in [1.54, 1.807) is 36.4 Å². The number of aryl methyl sites for hydroxylation is 1. The minimum atomic E-state index is -0.321. The Bertz CT molecular complexity index is 1160. The third-order valence-corrected chi connectivity index (χ3v) is 6.24. The molecule has 2 saturated heterocycles. The Morgan fingerprint density at radius 1 is 0.853 bits per heavy atom. The highest BCUT2D eigenvalue weighted by atomic mass is 19.1. The normalized spacial score (nSPS) is 16.1. The van der Waals surface area contributed by atoms with Gasteiger partial charge in [0.25, 0.3) is 5.91 Å². The van der Waals surface area contributed by atoms with Crippen LogP contribution in [0.1, 0.15) is 28.9 Å². The monoisotopic (exact) mass is 461 g/mol. The fourth-order valence-corrected chi connectivity index (χ4v) is 4.41. The number of hydrogen-bond acceptors (Lipinski definition) is 6. The van der Waals surface area contributed by atoms with Crippen LogP contribution in [0.5, 0.6) is 11.5 Å². The van der Waals surface area contributed by atoms with Crippen LogP contribution < -0.4 is 14.5 Å². The number of halogens is 1. The van der Waals surface area contributed by atoms with Crippen LogP contribution in [0.15, 0.2) is 54.6 Å². The maximum absolute atomic E-state index is 13.1. The zero-order valence-electron chi connectivity index (χ0n) is 19.3. The second-order valence-corrected chi connectivity index (χ2v) is 8.72. The first kappa shape index (κ1) is 22.1.